The molecule has 0 unspecified atom stereocenters. The van der Waals surface area contributed by atoms with E-state index in [0.717, 1.165) is 16.7 Å². The van der Waals surface area contributed by atoms with Crippen LogP contribution in [0.25, 0.3) is 0 Å². The topological polar surface area (TPSA) is 109 Å². The zero-order valence-corrected chi connectivity index (χ0v) is 19.5. The second-order valence-electron chi connectivity index (χ2n) is 8.18. The number of aromatic nitrogens is 2. The first-order valence-electron chi connectivity index (χ1n) is 10.8. The molecule has 1 aromatic heterocycles. The minimum absolute atomic E-state index is 0.126. The van der Waals surface area contributed by atoms with E-state index in [4.69, 9.17) is 9.47 Å². The molecule has 0 aliphatic carbocycles. The second-order valence-corrected chi connectivity index (χ2v) is 8.18. The molecule has 0 spiro atoms. The number of rotatable bonds is 8. The molecule has 4 aromatic rings. The highest BCUT2D eigenvalue weighted by Gasteiger charge is 2.16. The molecule has 0 bridgehead atoms. The van der Waals surface area contributed by atoms with Crippen LogP contribution in [0.4, 0.5) is 11.4 Å². The molecule has 0 fully saturated rings. The van der Waals surface area contributed by atoms with Crippen LogP contribution in [0.5, 0.6) is 17.2 Å². The van der Waals surface area contributed by atoms with Crippen LogP contribution in [0.3, 0.4) is 0 Å². The quantitative estimate of drug-likeness (QED) is 0.257. The van der Waals surface area contributed by atoms with Gasteiger partial charge in [0.2, 0.25) is 0 Å². The molecule has 3 aromatic carbocycles. The van der Waals surface area contributed by atoms with Crippen LogP contribution in [-0.2, 0) is 6.73 Å². The minimum atomic E-state index is -0.544. The third-order valence-electron chi connectivity index (χ3n) is 5.02. The normalized spacial score (nSPS) is 10.6. The van der Waals surface area contributed by atoms with Crippen molar-refractivity contribution in [1.82, 2.24) is 9.78 Å². The van der Waals surface area contributed by atoms with E-state index in [2.05, 4.69) is 16.5 Å². The van der Waals surface area contributed by atoms with E-state index in [9.17, 15) is 14.9 Å². The summed E-state index contributed by atoms with van der Waals surface area (Å²) in [5, 5.41) is 18.3. The Labute approximate surface area is 202 Å². The Morgan fingerprint density at radius 1 is 0.943 bits per heavy atom. The Hall–Kier alpha value is -4.66. The van der Waals surface area contributed by atoms with E-state index >= 15 is 0 Å². The van der Waals surface area contributed by atoms with E-state index in [1.807, 2.05) is 51.1 Å². The van der Waals surface area contributed by atoms with Gasteiger partial charge in [-0.05, 0) is 67.8 Å². The van der Waals surface area contributed by atoms with Crippen molar-refractivity contribution in [3.8, 4) is 17.2 Å². The molecule has 9 heteroatoms. The summed E-state index contributed by atoms with van der Waals surface area (Å²) < 4.78 is 13.0. The lowest BCUT2D eigenvalue weighted by Gasteiger charge is -2.10. The molecule has 1 heterocycles. The number of nitrogens with zero attached hydrogens (tertiary/aromatic N) is 3. The maximum Gasteiger partial charge on any atom is 0.276 e. The number of benzene rings is 3. The average Bonchev–Trinajstić information content (AvgIpc) is 3.26. The molecule has 1 amide bonds. The lowest BCUT2D eigenvalue weighted by molar-refractivity contribution is -0.384. The predicted octanol–water partition coefficient (Wildman–Crippen LogP) is 5.80. The monoisotopic (exact) mass is 472 g/mol. The van der Waals surface area contributed by atoms with Gasteiger partial charge in [-0.25, -0.2) is 4.68 Å². The number of hydrogen-bond donors (Lipinski definition) is 1. The fraction of sp³-hybridized carbons (Fsp3) is 0.154. The smallest absolute Gasteiger partial charge is 0.276 e. The van der Waals surface area contributed by atoms with Crippen LogP contribution in [-0.4, -0.2) is 20.6 Å². The van der Waals surface area contributed by atoms with Gasteiger partial charge in [-0.3, -0.25) is 14.9 Å². The van der Waals surface area contributed by atoms with Crippen molar-refractivity contribution in [3.05, 3.63) is 105 Å². The number of non-ortho nitro benzene ring substituents is 1. The summed E-state index contributed by atoms with van der Waals surface area (Å²) in [5.74, 6) is 0.955. The van der Waals surface area contributed by atoms with Crippen LogP contribution in [0.1, 0.15) is 27.2 Å². The van der Waals surface area contributed by atoms with E-state index in [1.165, 1.54) is 22.9 Å². The van der Waals surface area contributed by atoms with Crippen molar-refractivity contribution in [1.29, 1.82) is 0 Å². The number of anilines is 1. The number of ether oxygens (including phenoxy) is 2. The zero-order chi connectivity index (χ0) is 24.9. The molecule has 178 valence electrons. The molecule has 35 heavy (non-hydrogen) atoms. The number of nitro benzene ring substituents is 1. The molecule has 0 saturated carbocycles. The largest absolute Gasteiger partial charge is 0.471 e. The summed E-state index contributed by atoms with van der Waals surface area (Å²) in [6.07, 6.45) is 1.62. The standard InChI is InChI=1S/C26H24N4O5/c1-17-5-4-6-22(10-17)35-24-14-20(13-21(15-24)30(32)33)27-26(31)25-7-8-29(28-25)16-34-23-11-18(2)9-19(3)12-23/h4-15H,16H2,1-3H3,(H,27,31). The average molecular weight is 473 g/mol. The first kappa shape index (κ1) is 23.5. The number of amides is 1. The molecule has 9 nitrogen and oxygen atoms in total. The molecule has 4 rings (SSSR count). The van der Waals surface area contributed by atoms with Crippen molar-refractivity contribution in [2.45, 2.75) is 27.5 Å². The molecule has 0 atom stereocenters. The van der Waals surface area contributed by atoms with E-state index < -0.39 is 10.8 Å². The Bertz CT molecular complexity index is 1380. The Morgan fingerprint density at radius 3 is 2.40 bits per heavy atom. The SMILES string of the molecule is Cc1cc(C)cc(OCn2ccc(C(=O)Nc3cc(Oc4cccc(C)c4)cc([N+](=O)[O-])c3)n2)c1. The van der Waals surface area contributed by atoms with Crippen LogP contribution in [0, 0.1) is 30.9 Å². The number of aryl methyl sites for hydroxylation is 3. The van der Waals surface area contributed by atoms with Crippen LogP contribution in [0.2, 0.25) is 0 Å². The highest BCUT2D eigenvalue weighted by atomic mass is 16.6. The van der Waals surface area contributed by atoms with Crippen molar-refractivity contribution < 1.29 is 19.2 Å². The van der Waals surface area contributed by atoms with Crippen LogP contribution in [0.15, 0.2) is 72.9 Å². The van der Waals surface area contributed by atoms with E-state index in [1.54, 1.807) is 18.3 Å². The highest BCUT2D eigenvalue weighted by Crippen LogP contribution is 2.30. The molecule has 0 saturated heterocycles. The summed E-state index contributed by atoms with van der Waals surface area (Å²) in [5.41, 5.74) is 3.30. The van der Waals surface area contributed by atoms with Gasteiger partial charge in [0.1, 0.15) is 17.2 Å². The third-order valence-corrected chi connectivity index (χ3v) is 5.02. The second kappa shape index (κ2) is 10.1. The Kier molecular flexibility index (Phi) is 6.77. The van der Waals surface area contributed by atoms with E-state index in [0.29, 0.717) is 11.5 Å². The minimum Gasteiger partial charge on any atom is -0.471 e. The fourth-order valence-corrected chi connectivity index (χ4v) is 3.54. The molecule has 0 aliphatic heterocycles. The first-order chi connectivity index (χ1) is 16.7. The summed E-state index contributed by atoms with van der Waals surface area (Å²) in [4.78, 5) is 23.6. The lowest BCUT2D eigenvalue weighted by atomic mass is 10.1. The number of carbonyl (C=O) groups excluding carboxylic acids is 1. The lowest BCUT2D eigenvalue weighted by Crippen LogP contribution is -2.14. The number of nitrogens with one attached hydrogen (secondary N) is 1. The molecule has 0 radical (unpaired) electrons. The van der Waals surface area contributed by atoms with Gasteiger partial charge in [-0.2, -0.15) is 5.10 Å². The van der Waals surface area contributed by atoms with Gasteiger partial charge in [0, 0.05) is 18.3 Å². The summed E-state index contributed by atoms with van der Waals surface area (Å²) in [6.45, 7) is 6.02. The number of nitro groups is 1. The first-order valence-corrected chi connectivity index (χ1v) is 10.8. The van der Waals surface area contributed by atoms with Gasteiger partial charge < -0.3 is 14.8 Å². The van der Waals surface area contributed by atoms with Gasteiger partial charge in [0.15, 0.2) is 12.4 Å². The molecule has 1 N–H and O–H groups in total. The highest BCUT2D eigenvalue weighted by molar-refractivity contribution is 6.03. The summed E-state index contributed by atoms with van der Waals surface area (Å²) in [7, 11) is 0. The van der Waals surface area contributed by atoms with Crippen LogP contribution >= 0.6 is 0 Å². The van der Waals surface area contributed by atoms with Crippen molar-refractivity contribution in [2.24, 2.45) is 0 Å². The van der Waals surface area contributed by atoms with Gasteiger partial charge in [-0.15, -0.1) is 0 Å². The zero-order valence-electron chi connectivity index (χ0n) is 19.5. The Morgan fingerprint density at radius 2 is 1.69 bits per heavy atom. The molecular weight excluding hydrogens is 448 g/mol. The third kappa shape index (κ3) is 6.23. The number of carbonyl (C=O) groups is 1. The van der Waals surface area contributed by atoms with Crippen molar-refractivity contribution in [3.63, 3.8) is 0 Å². The van der Waals surface area contributed by atoms with Gasteiger partial charge >= 0.3 is 0 Å². The van der Waals surface area contributed by atoms with Gasteiger partial charge in [0.05, 0.1) is 16.7 Å². The molecule has 0 aliphatic rings. The maximum atomic E-state index is 12.7. The Balaban J connectivity index is 1.46. The van der Waals surface area contributed by atoms with E-state index in [-0.39, 0.29) is 29.5 Å². The van der Waals surface area contributed by atoms with Gasteiger partial charge in [-0.1, -0.05) is 18.2 Å². The predicted molar refractivity (Wildman–Crippen MR) is 131 cm³/mol. The van der Waals surface area contributed by atoms with Gasteiger partial charge in [0.25, 0.3) is 11.6 Å². The van der Waals surface area contributed by atoms with Crippen LogP contribution < -0.4 is 14.8 Å². The summed E-state index contributed by atoms with van der Waals surface area (Å²) >= 11 is 0. The molecular formula is C26H24N4O5. The summed E-state index contributed by atoms with van der Waals surface area (Å²) in [6, 6.07) is 18.8. The fourth-order valence-electron chi connectivity index (χ4n) is 3.54. The van der Waals surface area contributed by atoms with Crippen molar-refractivity contribution >= 4 is 17.3 Å². The maximum absolute atomic E-state index is 12.7. The van der Waals surface area contributed by atoms with Crippen molar-refractivity contribution in [2.75, 3.05) is 5.32 Å². The number of hydrogen-bond acceptors (Lipinski definition) is 6.